The number of amides is 1. The lowest BCUT2D eigenvalue weighted by molar-refractivity contribution is -0.119. The van der Waals surface area contributed by atoms with Gasteiger partial charge in [0.1, 0.15) is 5.69 Å². The maximum absolute atomic E-state index is 13.5. The number of benzene rings is 2. The Balaban J connectivity index is 2.07. The van der Waals surface area contributed by atoms with Crippen LogP contribution in [0.1, 0.15) is 10.4 Å². The zero-order valence-corrected chi connectivity index (χ0v) is 14.1. The van der Waals surface area contributed by atoms with E-state index in [9.17, 15) is 31.5 Å². The number of hydrogen-bond acceptors (Lipinski definition) is 4. The van der Waals surface area contributed by atoms with Crippen molar-refractivity contribution in [3.05, 3.63) is 58.9 Å². The van der Waals surface area contributed by atoms with E-state index in [-0.39, 0.29) is 5.56 Å². The number of nitrogens with zero attached hydrogens (tertiary/aromatic N) is 1. The van der Waals surface area contributed by atoms with Crippen molar-refractivity contribution in [1.29, 1.82) is 0 Å². The minimum atomic E-state index is -2.35. The van der Waals surface area contributed by atoms with Crippen LogP contribution in [0, 0.1) is 29.1 Å². The molecule has 144 valence electrons. The van der Waals surface area contributed by atoms with Crippen LogP contribution in [0.5, 0.6) is 0 Å². The summed E-state index contributed by atoms with van der Waals surface area (Å²) in [7, 11) is 3.48. The van der Waals surface area contributed by atoms with Crippen molar-refractivity contribution >= 4 is 23.3 Å². The highest BCUT2D eigenvalue weighted by atomic mass is 19.2. The number of nitrogens with one attached hydrogen (secondary N) is 1. The van der Waals surface area contributed by atoms with Gasteiger partial charge in [0.25, 0.3) is 5.91 Å². The first-order valence-electron chi connectivity index (χ1n) is 7.39. The molecule has 0 radical (unpaired) electrons. The standard InChI is InChI=1S/C17H13F5N2O3/c1-24(2)9-5-3-4-8(6-9)17(26)27-7-10(25)23-16-14(21)12(19)11(18)13(20)15(16)22/h3-6H,7H2,1-2H3,(H,23,25). The zero-order chi connectivity index (χ0) is 20.3. The van der Waals surface area contributed by atoms with Crippen LogP contribution in [0.15, 0.2) is 24.3 Å². The normalized spacial score (nSPS) is 10.5. The van der Waals surface area contributed by atoms with E-state index in [4.69, 9.17) is 0 Å². The molecule has 10 heteroatoms. The van der Waals surface area contributed by atoms with E-state index >= 15 is 0 Å². The van der Waals surface area contributed by atoms with Gasteiger partial charge in [-0.1, -0.05) is 6.07 Å². The molecule has 0 aliphatic heterocycles. The molecule has 0 unspecified atom stereocenters. The number of ether oxygens (including phenoxy) is 1. The van der Waals surface area contributed by atoms with E-state index in [1.54, 1.807) is 31.1 Å². The minimum Gasteiger partial charge on any atom is -0.452 e. The molecule has 0 heterocycles. The van der Waals surface area contributed by atoms with Gasteiger partial charge in [-0.25, -0.2) is 26.7 Å². The van der Waals surface area contributed by atoms with Crippen LogP contribution in [-0.2, 0) is 9.53 Å². The number of carbonyl (C=O) groups excluding carboxylic acids is 2. The van der Waals surface area contributed by atoms with Gasteiger partial charge in [0.15, 0.2) is 29.9 Å². The summed E-state index contributed by atoms with van der Waals surface area (Å²) in [6, 6.07) is 6.18. The fraction of sp³-hybridized carbons (Fsp3) is 0.176. The monoisotopic (exact) mass is 388 g/mol. The van der Waals surface area contributed by atoms with E-state index in [0.717, 1.165) is 0 Å². The Hall–Kier alpha value is -3.17. The molecule has 0 aromatic heterocycles. The summed E-state index contributed by atoms with van der Waals surface area (Å²) < 4.78 is 70.8. The van der Waals surface area contributed by atoms with Gasteiger partial charge in [-0.3, -0.25) is 4.79 Å². The molecule has 1 N–H and O–H groups in total. The number of carbonyl (C=O) groups is 2. The maximum atomic E-state index is 13.5. The van der Waals surface area contributed by atoms with Crippen molar-refractivity contribution in [2.45, 2.75) is 0 Å². The second kappa shape index (κ2) is 8.02. The maximum Gasteiger partial charge on any atom is 0.338 e. The summed E-state index contributed by atoms with van der Waals surface area (Å²) in [5.74, 6) is -13.4. The smallest absolute Gasteiger partial charge is 0.338 e. The van der Waals surface area contributed by atoms with Gasteiger partial charge in [-0.2, -0.15) is 0 Å². The Kier molecular flexibility index (Phi) is 5.98. The summed E-state index contributed by atoms with van der Waals surface area (Å²) in [5, 5.41) is 1.50. The third-order valence-electron chi connectivity index (χ3n) is 3.41. The Labute approximate surface area is 150 Å². The van der Waals surface area contributed by atoms with Crippen molar-refractivity contribution in [1.82, 2.24) is 0 Å². The van der Waals surface area contributed by atoms with Gasteiger partial charge in [0, 0.05) is 19.8 Å². The Bertz CT molecular complexity index is 873. The summed E-state index contributed by atoms with van der Waals surface area (Å²) >= 11 is 0. The first-order chi connectivity index (χ1) is 12.6. The number of esters is 1. The first kappa shape index (κ1) is 20.1. The molecule has 0 fully saturated rings. The largest absolute Gasteiger partial charge is 0.452 e. The minimum absolute atomic E-state index is 0.102. The molecule has 1 amide bonds. The van der Waals surface area contributed by atoms with Crippen molar-refractivity contribution < 1.29 is 36.3 Å². The second-order valence-corrected chi connectivity index (χ2v) is 5.51. The fourth-order valence-electron chi connectivity index (χ4n) is 2.02. The third kappa shape index (κ3) is 4.33. The van der Waals surface area contributed by atoms with Gasteiger partial charge >= 0.3 is 5.97 Å². The lowest BCUT2D eigenvalue weighted by Gasteiger charge is -2.13. The van der Waals surface area contributed by atoms with E-state index in [0.29, 0.717) is 5.69 Å². The predicted molar refractivity (Wildman–Crippen MR) is 85.9 cm³/mol. The molecule has 0 saturated carbocycles. The topological polar surface area (TPSA) is 58.6 Å². The highest BCUT2D eigenvalue weighted by molar-refractivity contribution is 5.96. The molecule has 2 aromatic rings. The van der Waals surface area contributed by atoms with Gasteiger partial charge in [-0.15, -0.1) is 0 Å². The number of halogens is 5. The molecule has 0 atom stereocenters. The van der Waals surface area contributed by atoms with E-state index in [1.165, 1.54) is 17.4 Å². The fourth-order valence-corrected chi connectivity index (χ4v) is 2.02. The summed E-state index contributed by atoms with van der Waals surface area (Å²) in [5.41, 5.74) is -0.748. The van der Waals surface area contributed by atoms with Gasteiger partial charge < -0.3 is 15.0 Å². The van der Waals surface area contributed by atoms with E-state index in [2.05, 4.69) is 4.74 Å². The van der Waals surface area contributed by atoms with Crippen LogP contribution in [0.3, 0.4) is 0 Å². The average molecular weight is 388 g/mol. The van der Waals surface area contributed by atoms with Crippen molar-refractivity contribution in [2.75, 3.05) is 30.9 Å². The Morgan fingerprint density at radius 2 is 1.52 bits per heavy atom. The van der Waals surface area contributed by atoms with Crippen molar-refractivity contribution in [3.63, 3.8) is 0 Å². The molecule has 0 spiro atoms. The van der Waals surface area contributed by atoms with Crippen molar-refractivity contribution in [2.24, 2.45) is 0 Å². The lowest BCUT2D eigenvalue weighted by atomic mass is 10.2. The molecular weight excluding hydrogens is 375 g/mol. The highest BCUT2D eigenvalue weighted by Gasteiger charge is 2.27. The molecule has 0 aliphatic carbocycles. The molecule has 0 bridgehead atoms. The Morgan fingerprint density at radius 3 is 2.07 bits per heavy atom. The van der Waals surface area contributed by atoms with Crippen molar-refractivity contribution in [3.8, 4) is 0 Å². The quantitative estimate of drug-likeness (QED) is 0.370. The van der Waals surface area contributed by atoms with E-state index in [1.807, 2.05) is 0 Å². The highest BCUT2D eigenvalue weighted by Crippen LogP contribution is 2.27. The molecular formula is C17H13F5N2O3. The third-order valence-corrected chi connectivity index (χ3v) is 3.41. The predicted octanol–water partition coefficient (Wildman–Crippen LogP) is 3.24. The molecule has 2 rings (SSSR count). The Morgan fingerprint density at radius 1 is 0.963 bits per heavy atom. The molecule has 0 aliphatic rings. The molecule has 0 saturated heterocycles. The molecule has 27 heavy (non-hydrogen) atoms. The van der Waals surface area contributed by atoms with Crippen LogP contribution in [0.25, 0.3) is 0 Å². The average Bonchev–Trinajstić information content (AvgIpc) is 2.66. The summed E-state index contributed by atoms with van der Waals surface area (Å²) in [6.07, 6.45) is 0. The number of rotatable bonds is 5. The number of anilines is 2. The van der Waals surface area contributed by atoms with E-state index < -0.39 is 53.3 Å². The summed E-state index contributed by atoms with van der Waals surface area (Å²) in [6.45, 7) is -0.996. The zero-order valence-electron chi connectivity index (χ0n) is 14.1. The van der Waals surface area contributed by atoms with Crippen LogP contribution < -0.4 is 10.2 Å². The first-order valence-corrected chi connectivity index (χ1v) is 7.39. The van der Waals surface area contributed by atoms with Crippen LogP contribution in [-0.4, -0.2) is 32.6 Å². The summed E-state index contributed by atoms with van der Waals surface area (Å²) in [4.78, 5) is 25.3. The molecule has 2 aromatic carbocycles. The molecule has 5 nitrogen and oxygen atoms in total. The number of hydrogen-bond donors (Lipinski definition) is 1. The lowest BCUT2D eigenvalue weighted by Crippen LogP contribution is -2.23. The van der Waals surface area contributed by atoms with Gasteiger partial charge in [0.2, 0.25) is 5.82 Å². The second-order valence-electron chi connectivity index (χ2n) is 5.51. The SMILES string of the molecule is CN(C)c1cccc(C(=O)OCC(=O)Nc2c(F)c(F)c(F)c(F)c2F)c1. The van der Waals surface area contributed by atoms with Gasteiger partial charge in [0.05, 0.1) is 5.56 Å². The van der Waals surface area contributed by atoms with Crippen LogP contribution >= 0.6 is 0 Å². The van der Waals surface area contributed by atoms with Gasteiger partial charge in [-0.05, 0) is 18.2 Å². The van der Waals surface area contributed by atoms with Crippen LogP contribution in [0.2, 0.25) is 0 Å². The van der Waals surface area contributed by atoms with Crippen LogP contribution in [0.4, 0.5) is 33.3 Å².